The van der Waals surface area contributed by atoms with Crippen molar-refractivity contribution in [3.05, 3.63) is 29.8 Å². The predicted octanol–water partition coefficient (Wildman–Crippen LogP) is 2.32. The van der Waals surface area contributed by atoms with Crippen molar-refractivity contribution in [1.29, 1.82) is 0 Å². The molecule has 88 valence electrons. The summed E-state index contributed by atoms with van der Waals surface area (Å²) in [5.41, 5.74) is 1.01. The number of methoxy groups -OCH3 is 1. The van der Waals surface area contributed by atoms with Gasteiger partial charge >= 0.3 is 0 Å². The van der Waals surface area contributed by atoms with E-state index < -0.39 is 0 Å². The van der Waals surface area contributed by atoms with E-state index in [2.05, 4.69) is 5.32 Å². The van der Waals surface area contributed by atoms with Crippen molar-refractivity contribution >= 4 is 5.91 Å². The van der Waals surface area contributed by atoms with E-state index in [0.717, 1.165) is 24.3 Å². The van der Waals surface area contributed by atoms with Crippen molar-refractivity contribution in [3.63, 3.8) is 0 Å². The Morgan fingerprint density at radius 1 is 1.38 bits per heavy atom. The van der Waals surface area contributed by atoms with E-state index in [1.165, 1.54) is 0 Å². The standard InChI is InChI=1S/C13H19NO2/c1-4-9-14-13(15)10(2)11-5-7-12(16-3)8-6-11/h5-8,10H,4,9H2,1-3H3,(H,14,15). The summed E-state index contributed by atoms with van der Waals surface area (Å²) in [5, 5.41) is 2.89. The first-order valence-corrected chi connectivity index (χ1v) is 5.60. The third kappa shape index (κ3) is 3.26. The molecule has 1 aromatic carbocycles. The Labute approximate surface area is 96.8 Å². The Hall–Kier alpha value is -1.51. The molecule has 16 heavy (non-hydrogen) atoms. The zero-order chi connectivity index (χ0) is 12.0. The van der Waals surface area contributed by atoms with Crippen LogP contribution in [-0.2, 0) is 4.79 Å². The molecule has 1 amide bonds. The predicted molar refractivity (Wildman–Crippen MR) is 64.7 cm³/mol. The third-order valence-electron chi connectivity index (χ3n) is 2.56. The van der Waals surface area contributed by atoms with Crippen molar-refractivity contribution in [2.75, 3.05) is 13.7 Å². The molecular weight excluding hydrogens is 202 g/mol. The van der Waals surface area contributed by atoms with Crippen LogP contribution in [0.5, 0.6) is 5.75 Å². The molecule has 0 heterocycles. The highest BCUT2D eigenvalue weighted by Crippen LogP contribution is 2.19. The molecule has 1 N–H and O–H groups in total. The van der Waals surface area contributed by atoms with E-state index in [-0.39, 0.29) is 11.8 Å². The Morgan fingerprint density at radius 2 is 2.00 bits per heavy atom. The van der Waals surface area contributed by atoms with E-state index in [0.29, 0.717) is 0 Å². The zero-order valence-corrected chi connectivity index (χ0v) is 10.1. The van der Waals surface area contributed by atoms with Crippen LogP contribution in [0.2, 0.25) is 0 Å². The molecule has 0 saturated carbocycles. The number of benzene rings is 1. The second kappa shape index (κ2) is 6.16. The lowest BCUT2D eigenvalue weighted by molar-refractivity contribution is -0.122. The fourth-order valence-corrected chi connectivity index (χ4v) is 1.45. The molecule has 3 nitrogen and oxygen atoms in total. The second-order valence-electron chi connectivity index (χ2n) is 3.79. The summed E-state index contributed by atoms with van der Waals surface area (Å²) in [6.45, 7) is 4.68. The van der Waals surface area contributed by atoms with E-state index in [9.17, 15) is 4.79 Å². The Kier molecular flexibility index (Phi) is 4.83. The number of rotatable bonds is 5. The van der Waals surface area contributed by atoms with Crippen molar-refractivity contribution < 1.29 is 9.53 Å². The summed E-state index contributed by atoms with van der Waals surface area (Å²) in [5.74, 6) is 0.773. The normalized spacial score (nSPS) is 11.9. The average molecular weight is 221 g/mol. The molecule has 1 unspecified atom stereocenters. The maximum absolute atomic E-state index is 11.7. The fourth-order valence-electron chi connectivity index (χ4n) is 1.45. The van der Waals surface area contributed by atoms with E-state index in [4.69, 9.17) is 4.74 Å². The highest BCUT2D eigenvalue weighted by molar-refractivity contribution is 5.83. The van der Waals surface area contributed by atoms with Crippen LogP contribution in [0.4, 0.5) is 0 Å². The highest BCUT2D eigenvalue weighted by Gasteiger charge is 2.13. The molecule has 0 bridgehead atoms. The average Bonchev–Trinajstić information content (AvgIpc) is 2.35. The van der Waals surface area contributed by atoms with Gasteiger partial charge in [-0.2, -0.15) is 0 Å². The fraction of sp³-hybridized carbons (Fsp3) is 0.462. The summed E-state index contributed by atoms with van der Waals surface area (Å²) in [6.07, 6.45) is 0.959. The van der Waals surface area contributed by atoms with Gasteiger partial charge in [0.25, 0.3) is 0 Å². The molecule has 1 rings (SSSR count). The number of amides is 1. The highest BCUT2D eigenvalue weighted by atomic mass is 16.5. The largest absolute Gasteiger partial charge is 0.497 e. The smallest absolute Gasteiger partial charge is 0.227 e. The van der Waals surface area contributed by atoms with Crippen LogP contribution in [0, 0.1) is 0 Å². The number of carbonyl (C=O) groups excluding carboxylic acids is 1. The molecule has 0 saturated heterocycles. The van der Waals surface area contributed by atoms with Crippen LogP contribution in [0.25, 0.3) is 0 Å². The Morgan fingerprint density at radius 3 is 2.50 bits per heavy atom. The minimum atomic E-state index is -0.113. The molecular formula is C13H19NO2. The van der Waals surface area contributed by atoms with Crippen molar-refractivity contribution in [2.45, 2.75) is 26.2 Å². The Balaban J connectivity index is 2.64. The Bertz CT molecular complexity index is 332. The van der Waals surface area contributed by atoms with E-state index in [1.807, 2.05) is 38.1 Å². The summed E-state index contributed by atoms with van der Waals surface area (Å²) in [7, 11) is 1.63. The van der Waals surface area contributed by atoms with Gasteiger partial charge in [0.15, 0.2) is 0 Å². The molecule has 1 aromatic rings. The van der Waals surface area contributed by atoms with Gasteiger partial charge in [-0.3, -0.25) is 4.79 Å². The first-order chi connectivity index (χ1) is 7.69. The summed E-state index contributed by atoms with van der Waals surface area (Å²) in [6, 6.07) is 7.60. The van der Waals surface area contributed by atoms with Crippen LogP contribution in [-0.4, -0.2) is 19.6 Å². The van der Waals surface area contributed by atoms with Gasteiger partial charge in [-0.25, -0.2) is 0 Å². The van der Waals surface area contributed by atoms with E-state index in [1.54, 1.807) is 7.11 Å². The number of hydrogen-bond acceptors (Lipinski definition) is 2. The molecule has 0 fully saturated rings. The summed E-state index contributed by atoms with van der Waals surface area (Å²) in [4.78, 5) is 11.7. The van der Waals surface area contributed by atoms with Crippen molar-refractivity contribution in [3.8, 4) is 5.75 Å². The lowest BCUT2D eigenvalue weighted by Gasteiger charge is -2.12. The summed E-state index contributed by atoms with van der Waals surface area (Å²) >= 11 is 0. The van der Waals surface area contributed by atoms with Gasteiger partial charge in [0.05, 0.1) is 13.0 Å². The second-order valence-corrected chi connectivity index (χ2v) is 3.79. The van der Waals surface area contributed by atoms with Crippen molar-refractivity contribution in [1.82, 2.24) is 5.32 Å². The minimum Gasteiger partial charge on any atom is -0.497 e. The SMILES string of the molecule is CCCNC(=O)C(C)c1ccc(OC)cc1. The first kappa shape index (κ1) is 12.6. The van der Waals surface area contributed by atoms with Gasteiger partial charge in [0.1, 0.15) is 5.75 Å². The van der Waals surface area contributed by atoms with Gasteiger partial charge < -0.3 is 10.1 Å². The third-order valence-corrected chi connectivity index (χ3v) is 2.56. The maximum Gasteiger partial charge on any atom is 0.227 e. The number of nitrogens with one attached hydrogen (secondary N) is 1. The molecule has 0 aliphatic heterocycles. The molecule has 0 spiro atoms. The van der Waals surface area contributed by atoms with Gasteiger partial charge in [0.2, 0.25) is 5.91 Å². The van der Waals surface area contributed by atoms with Crippen molar-refractivity contribution in [2.24, 2.45) is 0 Å². The van der Waals surface area contributed by atoms with Crippen LogP contribution < -0.4 is 10.1 Å². The summed E-state index contributed by atoms with van der Waals surface area (Å²) < 4.78 is 5.07. The minimum absolute atomic E-state index is 0.0759. The molecule has 0 aliphatic rings. The molecule has 3 heteroatoms. The van der Waals surface area contributed by atoms with Gasteiger partial charge in [-0.15, -0.1) is 0 Å². The number of carbonyl (C=O) groups is 1. The monoisotopic (exact) mass is 221 g/mol. The lowest BCUT2D eigenvalue weighted by Crippen LogP contribution is -2.28. The van der Waals surface area contributed by atoms with Crippen LogP contribution in [0.1, 0.15) is 31.7 Å². The van der Waals surface area contributed by atoms with Gasteiger partial charge in [-0.1, -0.05) is 19.1 Å². The maximum atomic E-state index is 11.7. The molecule has 0 aliphatic carbocycles. The van der Waals surface area contributed by atoms with Gasteiger partial charge in [-0.05, 0) is 31.0 Å². The number of ether oxygens (including phenoxy) is 1. The van der Waals surface area contributed by atoms with Crippen LogP contribution in [0.15, 0.2) is 24.3 Å². The molecule has 1 atom stereocenters. The lowest BCUT2D eigenvalue weighted by atomic mass is 10.0. The van der Waals surface area contributed by atoms with Crippen LogP contribution >= 0.6 is 0 Å². The molecule has 0 aromatic heterocycles. The van der Waals surface area contributed by atoms with Gasteiger partial charge in [0, 0.05) is 6.54 Å². The molecule has 0 radical (unpaired) electrons. The van der Waals surface area contributed by atoms with Crippen LogP contribution in [0.3, 0.4) is 0 Å². The number of hydrogen-bond donors (Lipinski definition) is 1. The zero-order valence-electron chi connectivity index (χ0n) is 10.1. The first-order valence-electron chi connectivity index (χ1n) is 5.60. The topological polar surface area (TPSA) is 38.3 Å². The van der Waals surface area contributed by atoms with E-state index >= 15 is 0 Å². The quantitative estimate of drug-likeness (QED) is 0.828.